The molecule has 0 saturated carbocycles. The van der Waals surface area contributed by atoms with E-state index in [1.807, 2.05) is 36.1 Å². The smallest absolute Gasteiger partial charge is 0.254 e. The Balaban J connectivity index is 1.50. The quantitative estimate of drug-likeness (QED) is 0.646. The van der Waals surface area contributed by atoms with Crippen LogP contribution in [0.2, 0.25) is 0 Å². The summed E-state index contributed by atoms with van der Waals surface area (Å²) in [6.07, 6.45) is 2.73. The van der Waals surface area contributed by atoms with Crippen molar-refractivity contribution in [2.75, 3.05) is 13.1 Å². The standard InChI is InChI=1S/C21H23N3O3/c1-15-5-2-3-8-19(15)21(27)24-11-9-17(10-12-24)20(26)23-22-14-16-6-4-7-18(25)13-16/h2-8,13-14,17,25H,9-12H2,1H3,(H,23,26)/b22-14-. The zero-order valence-corrected chi connectivity index (χ0v) is 15.3. The average molecular weight is 365 g/mol. The zero-order valence-electron chi connectivity index (χ0n) is 15.3. The fraction of sp³-hybridized carbons (Fsp3) is 0.286. The number of phenols is 1. The maximum Gasteiger partial charge on any atom is 0.254 e. The summed E-state index contributed by atoms with van der Waals surface area (Å²) in [7, 11) is 0. The number of benzene rings is 2. The van der Waals surface area contributed by atoms with Crippen molar-refractivity contribution in [1.82, 2.24) is 10.3 Å². The van der Waals surface area contributed by atoms with Crippen LogP contribution in [-0.2, 0) is 4.79 Å². The van der Waals surface area contributed by atoms with Crippen molar-refractivity contribution in [3.63, 3.8) is 0 Å². The lowest BCUT2D eigenvalue weighted by Gasteiger charge is -2.31. The van der Waals surface area contributed by atoms with Gasteiger partial charge in [0.15, 0.2) is 0 Å². The minimum Gasteiger partial charge on any atom is -0.508 e. The number of carbonyl (C=O) groups is 2. The van der Waals surface area contributed by atoms with Gasteiger partial charge >= 0.3 is 0 Å². The van der Waals surface area contributed by atoms with Crippen molar-refractivity contribution < 1.29 is 14.7 Å². The molecular formula is C21H23N3O3. The number of likely N-dealkylation sites (tertiary alicyclic amines) is 1. The molecule has 2 aromatic carbocycles. The van der Waals surface area contributed by atoms with Gasteiger partial charge in [0.05, 0.1) is 6.21 Å². The SMILES string of the molecule is Cc1ccccc1C(=O)N1CCC(C(=O)N/N=C\c2cccc(O)c2)CC1. The van der Waals surface area contributed by atoms with Gasteiger partial charge in [0.2, 0.25) is 5.91 Å². The predicted octanol–water partition coefficient (Wildman–Crippen LogP) is 2.70. The van der Waals surface area contributed by atoms with Gasteiger partial charge in [0.1, 0.15) is 5.75 Å². The van der Waals surface area contributed by atoms with Gasteiger partial charge in [-0.15, -0.1) is 0 Å². The summed E-state index contributed by atoms with van der Waals surface area (Å²) in [4.78, 5) is 26.7. The van der Waals surface area contributed by atoms with Crippen molar-refractivity contribution in [3.8, 4) is 5.75 Å². The summed E-state index contributed by atoms with van der Waals surface area (Å²) in [6, 6.07) is 14.2. The number of hydrazone groups is 1. The van der Waals surface area contributed by atoms with Crippen molar-refractivity contribution in [2.45, 2.75) is 19.8 Å². The van der Waals surface area contributed by atoms with Gasteiger partial charge in [0.25, 0.3) is 5.91 Å². The van der Waals surface area contributed by atoms with E-state index in [4.69, 9.17) is 0 Å². The Morgan fingerprint density at radius 1 is 1.15 bits per heavy atom. The van der Waals surface area contributed by atoms with Crippen LogP contribution in [0.4, 0.5) is 0 Å². The largest absolute Gasteiger partial charge is 0.508 e. The van der Waals surface area contributed by atoms with Gasteiger partial charge in [-0.2, -0.15) is 5.10 Å². The third-order valence-corrected chi connectivity index (χ3v) is 4.79. The molecular weight excluding hydrogens is 342 g/mol. The van der Waals surface area contributed by atoms with E-state index < -0.39 is 0 Å². The molecule has 1 aliphatic heterocycles. The summed E-state index contributed by atoms with van der Waals surface area (Å²) in [5.41, 5.74) is 4.93. The number of piperidine rings is 1. The van der Waals surface area contributed by atoms with Gasteiger partial charge in [-0.25, -0.2) is 5.43 Å². The number of aromatic hydroxyl groups is 1. The first-order chi connectivity index (χ1) is 13.0. The number of phenolic OH excluding ortho intramolecular Hbond substituents is 1. The maximum atomic E-state index is 12.6. The van der Waals surface area contributed by atoms with Crippen LogP contribution in [0.25, 0.3) is 0 Å². The lowest BCUT2D eigenvalue weighted by atomic mass is 9.95. The number of rotatable bonds is 4. The molecule has 6 heteroatoms. The normalized spacial score (nSPS) is 15.1. The van der Waals surface area contributed by atoms with E-state index in [1.54, 1.807) is 24.3 Å². The van der Waals surface area contributed by atoms with Crippen molar-refractivity contribution in [2.24, 2.45) is 11.0 Å². The fourth-order valence-electron chi connectivity index (χ4n) is 3.19. The van der Waals surface area contributed by atoms with Crippen LogP contribution < -0.4 is 5.43 Å². The number of hydrogen-bond acceptors (Lipinski definition) is 4. The lowest BCUT2D eigenvalue weighted by Crippen LogP contribution is -2.42. The number of nitrogens with one attached hydrogen (secondary N) is 1. The molecule has 0 unspecified atom stereocenters. The van der Waals surface area contributed by atoms with Gasteiger partial charge in [0, 0.05) is 24.6 Å². The molecule has 6 nitrogen and oxygen atoms in total. The highest BCUT2D eigenvalue weighted by molar-refractivity contribution is 5.95. The van der Waals surface area contributed by atoms with Gasteiger partial charge in [-0.05, 0) is 49.1 Å². The predicted molar refractivity (Wildman–Crippen MR) is 104 cm³/mol. The molecule has 1 heterocycles. The van der Waals surface area contributed by atoms with Crippen LogP contribution in [0, 0.1) is 12.8 Å². The van der Waals surface area contributed by atoms with Gasteiger partial charge in [-0.1, -0.05) is 30.3 Å². The highest BCUT2D eigenvalue weighted by Crippen LogP contribution is 2.20. The molecule has 0 radical (unpaired) electrons. The van der Waals surface area contributed by atoms with Crippen LogP contribution >= 0.6 is 0 Å². The molecule has 3 rings (SSSR count). The van der Waals surface area contributed by atoms with E-state index >= 15 is 0 Å². The minimum atomic E-state index is -0.160. The summed E-state index contributed by atoms with van der Waals surface area (Å²) < 4.78 is 0. The van der Waals surface area contributed by atoms with E-state index in [9.17, 15) is 14.7 Å². The second kappa shape index (κ2) is 8.49. The molecule has 1 fully saturated rings. The molecule has 1 saturated heterocycles. The Morgan fingerprint density at radius 2 is 1.89 bits per heavy atom. The Labute approximate surface area is 158 Å². The molecule has 140 valence electrons. The first kappa shape index (κ1) is 18.6. The van der Waals surface area contributed by atoms with E-state index in [0.29, 0.717) is 31.5 Å². The third-order valence-electron chi connectivity index (χ3n) is 4.79. The highest BCUT2D eigenvalue weighted by atomic mass is 16.3. The summed E-state index contributed by atoms with van der Waals surface area (Å²) in [6.45, 7) is 3.04. The lowest BCUT2D eigenvalue weighted by molar-refractivity contribution is -0.126. The molecule has 0 atom stereocenters. The molecule has 0 bridgehead atoms. The van der Waals surface area contributed by atoms with E-state index in [-0.39, 0.29) is 23.5 Å². The summed E-state index contributed by atoms with van der Waals surface area (Å²) in [5, 5.41) is 13.4. The highest BCUT2D eigenvalue weighted by Gasteiger charge is 2.28. The minimum absolute atomic E-state index is 0.0221. The molecule has 2 amide bonds. The van der Waals surface area contributed by atoms with Gasteiger partial charge < -0.3 is 10.0 Å². The topological polar surface area (TPSA) is 82.0 Å². The maximum absolute atomic E-state index is 12.6. The molecule has 0 spiro atoms. The first-order valence-corrected chi connectivity index (χ1v) is 9.01. The van der Waals surface area contributed by atoms with Crippen LogP contribution in [0.5, 0.6) is 5.75 Å². The van der Waals surface area contributed by atoms with Crippen LogP contribution in [0.3, 0.4) is 0 Å². The second-order valence-corrected chi connectivity index (χ2v) is 6.71. The van der Waals surface area contributed by atoms with Crippen LogP contribution in [-0.4, -0.2) is 41.1 Å². The molecule has 1 aliphatic rings. The Hall–Kier alpha value is -3.15. The zero-order chi connectivity index (χ0) is 19.2. The molecule has 2 aromatic rings. The number of hydrogen-bond donors (Lipinski definition) is 2. The summed E-state index contributed by atoms with van der Waals surface area (Å²) >= 11 is 0. The van der Waals surface area contributed by atoms with E-state index in [1.165, 1.54) is 6.21 Å². The fourth-order valence-corrected chi connectivity index (χ4v) is 3.19. The number of amides is 2. The Kier molecular flexibility index (Phi) is 5.86. The third kappa shape index (κ3) is 4.73. The van der Waals surface area contributed by atoms with Crippen LogP contribution in [0.15, 0.2) is 53.6 Å². The molecule has 27 heavy (non-hydrogen) atoms. The monoisotopic (exact) mass is 365 g/mol. The summed E-state index contributed by atoms with van der Waals surface area (Å²) in [5.74, 6) is -0.133. The molecule has 2 N–H and O–H groups in total. The van der Waals surface area contributed by atoms with Gasteiger partial charge in [-0.3, -0.25) is 9.59 Å². The molecule has 0 aliphatic carbocycles. The number of nitrogens with zero attached hydrogens (tertiary/aromatic N) is 2. The van der Waals surface area contributed by atoms with E-state index in [2.05, 4.69) is 10.5 Å². The van der Waals surface area contributed by atoms with Crippen molar-refractivity contribution in [1.29, 1.82) is 0 Å². The first-order valence-electron chi connectivity index (χ1n) is 9.01. The van der Waals surface area contributed by atoms with E-state index in [0.717, 1.165) is 11.1 Å². The Bertz CT molecular complexity index is 855. The van der Waals surface area contributed by atoms with Crippen molar-refractivity contribution in [3.05, 3.63) is 65.2 Å². The number of carbonyl (C=O) groups excluding carboxylic acids is 2. The van der Waals surface area contributed by atoms with Crippen LogP contribution in [0.1, 0.15) is 34.3 Å². The Morgan fingerprint density at radius 3 is 2.59 bits per heavy atom. The van der Waals surface area contributed by atoms with Crippen molar-refractivity contribution >= 4 is 18.0 Å². The number of aryl methyl sites for hydroxylation is 1. The second-order valence-electron chi connectivity index (χ2n) is 6.71. The average Bonchev–Trinajstić information content (AvgIpc) is 2.68. The molecule has 0 aromatic heterocycles.